The number of nitrogens with one attached hydrogen (secondary N) is 1. The number of aromatic amines is 1. The molecular formula is C16H15N3O. The Balaban J connectivity index is 1.96. The average Bonchev–Trinajstić information content (AvgIpc) is 2.90. The second kappa shape index (κ2) is 4.81. The Labute approximate surface area is 117 Å². The molecule has 0 radical (unpaired) electrons. The zero-order valence-electron chi connectivity index (χ0n) is 11.4. The lowest BCUT2D eigenvalue weighted by molar-refractivity contribution is 0.0827. The van der Waals surface area contributed by atoms with Gasteiger partial charge in [-0.3, -0.25) is 4.79 Å². The van der Waals surface area contributed by atoms with E-state index in [2.05, 4.69) is 9.97 Å². The van der Waals surface area contributed by atoms with Gasteiger partial charge in [-0.2, -0.15) is 0 Å². The molecule has 1 amide bonds. The van der Waals surface area contributed by atoms with Crippen LogP contribution in [0.2, 0.25) is 0 Å². The Kier molecular flexibility index (Phi) is 2.99. The molecule has 0 fully saturated rings. The molecule has 20 heavy (non-hydrogen) atoms. The summed E-state index contributed by atoms with van der Waals surface area (Å²) in [4.78, 5) is 21.2. The molecule has 3 rings (SSSR count). The number of fused-ring (bicyclic) bond motifs is 1. The smallest absolute Gasteiger partial charge is 0.253 e. The SMILES string of the molecule is CN(C)C(=O)c1ccc(-c2nc3ccccc3[nH]2)cc1. The highest BCUT2D eigenvalue weighted by Gasteiger charge is 2.09. The van der Waals surface area contributed by atoms with Gasteiger partial charge in [-0.05, 0) is 24.3 Å². The van der Waals surface area contributed by atoms with Crippen LogP contribution in [0.3, 0.4) is 0 Å². The number of amides is 1. The van der Waals surface area contributed by atoms with Gasteiger partial charge in [0, 0.05) is 25.2 Å². The molecule has 1 aromatic heterocycles. The van der Waals surface area contributed by atoms with Crippen LogP contribution in [0.4, 0.5) is 0 Å². The van der Waals surface area contributed by atoms with Gasteiger partial charge < -0.3 is 9.88 Å². The maximum absolute atomic E-state index is 11.8. The lowest BCUT2D eigenvalue weighted by Gasteiger charge is -2.10. The number of hydrogen-bond donors (Lipinski definition) is 1. The van der Waals surface area contributed by atoms with Crippen molar-refractivity contribution in [3.05, 3.63) is 54.1 Å². The van der Waals surface area contributed by atoms with E-state index in [1.165, 1.54) is 0 Å². The van der Waals surface area contributed by atoms with Crippen molar-refractivity contribution in [1.82, 2.24) is 14.9 Å². The van der Waals surface area contributed by atoms with Crippen LogP contribution >= 0.6 is 0 Å². The van der Waals surface area contributed by atoms with E-state index in [-0.39, 0.29) is 5.91 Å². The highest BCUT2D eigenvalue weighted by molar-refractivity contribution is 5.94. The molecule has 0 atom stereocenters. The lowest BCUT2D eigenvalue weighted by Crippen LogP contribution is -2.21. The Hall–Kier alpha value is -2.62. The number of hydrogen-bond acceptors (Lipinski definition) is 2. The Morgan fingerprint density at radius 3 is 2.40 bits per heavy atom. The first-order valence-electron chi connectivity index (χ1n) is 6.42. The highest BCUT2D eigenvalue weighted by Crippen LogP contribution is 2.20. The van der Waals surface area contributed by atoms with E-state index in [1.54, 1.807) is 19.0 Å². The third-order valence-electron chi connectivity index (χ3n) is 3.20. The predicted octanol–water partition coefficient (Wildman–Crippen LogP) is 2.93. The Morgan fingerprint density at radius 1 is 1.05 bits per heavy atom. The number of benzene rings is 2. The number of aromatic nitrogens is 2. The molecule has 2 aromatic carbocycles. The zero-order chi connectivity index (χ0) is 14.1. The van der Waals surface area contributed by atoms with Crippen LogP contribution in [0.15, 0.2) is 48.5 Å². The summed E-state index contributed by atoms with van der Waals surface area (Å²) in [7, 11) is 3.49. The minimum atomic E-state index is 0.00107. The van der Waals surface area contributed by atoms with E-state index < -0.39 is 0 Å². The van der Waals surface area contributed by atoms with Crippen molar-refractivity contribution < 1.29 is 4.79 Å². The Morgan fingerprint density at radius 2 is 1.75 bits per heavy atom. The summed E-state index contributed by atoms with van der Waals surface area (Å²) >= 11 is 0. The fourth-order valence-corrected chi connectivity index (χ4v) is 2.12. The van der Waals surface area contributed by atoms with E-state index in [0.29, 0.717) is 5.56 Å². The van der Waals surface area contributed by atoms with Crippen LogP contribution in [0.5, 0.6) is 0 Å². The van der Waals surface area contributed by atoms with Crippen LogP contribution in [-0.4, -0.2) is 34.9 Å². The van der Waals surface area contributed by atoms with E-state index in [0.717, 1.165) is 22.4 Å². The van der Waals surface area contributed by atoms with Crippen molar-refractivity contribution >= 4 is 16.9 Å². The maximum atomic E-state index is 11.8. The summed E-state index contributed by atoms with van der Waals surface area (Å²) in [5.74, 6) is 0.816. The second-order valence-corrected chi connectivity index (χ2v) is 4.88. The van der Waals surface area contributed by atoms with Gasteiger partial charge in [-0.15, -0.1) is 0 Å². The first-order chi connectivity index (χ1) is 9.65. The monoisotopic (exact) mass is 265 g/mol. The molecule has 1 heterocycles. The van der Waals surface area contributed by atoms with Gasteiger partial charge in [0.05, 0.1) is 11.0 Å². The van der Waals surface area contributed by atoms with Crippen molar-refractivity contribution in [1.29, 1.82) is 0 Å². The van der Waals surface area contributed by atoms with Gasteiger partial charge in [0.2, 0.25) is 0 Å². The van der Waals surface area contributed by atoms with Gasteiger partial charge in [-0.25, -0.2) is 4.98 Å². The summed E-state index contributed by atoms with van der Waals surface area (Å²) < 4.78 is 0. The summed E-state index contributed by atoms with van der Waals surface area (Å²) in [5, 5.41) is 0. The molecule has 0 unspecified atom stereocenters. The molecule has 0 aliphatic heterocycles. The lowest BCUT2D eigenvalue weighted by atomic mass is 10.1. The first-order valence-corrected chi connectivity index (χ1v) is 6.42. The summed E-state index contributed by atoms with van der Waals surface area (Å²) in [5.41, 5.74) is 3.60. The van der Waals surface area contributed by atoms with Crippen molar-refractivity contribution in [3.63, 3.8) is 0 Å². The number of imidazole rings is 1. The highest BCUT2D eigenvalue weighted by atomic mass is 16.2. The number of nitrogens with zero attached hydrogens (tertiary/aromatic N) is 2. The normalized spacial score (nSPS) is 10.7. The molecule has 0 spiro atoms. The minimum absolute atomic E-state index is 0.00107. The molecule has 0 saturated carbocycles. The fourth-order valence-electron chi connectivity index (χ4n) is 2.12. The number of rotatable bonds is 2. The number of H-pyrrole nitrogens is 1. The van der Waals surface area contributed by atoms with E-state index in [9.17, 15) is 4.79 Å². The van der Waals surface area contributed by atoms with Crippen molar-refractivity contribution in [3.8, 4) is 11.4 Å². The molecule has 1 N–H and O–H groups in total. The summed E-state index contributed by atoms with van der Waals surface area (Å²) in [6.07, 6.45) is 0. The van der Waals surface area contributed by atoms with Gasteiger partial charge in [0.25, 0.3) is 5.91 Å². The molecule has 4 heteroatoms. The quantitative estimate of drug-likeness (QED) is 0.774. The van der Waals surface area contributed by atoms with Crippen LogP contribution in [-0.2, 0) is 0 Å². The number of para-hydroxylation sites is 2. The molecule has 0 aliphatic carbocycles. The van der Waals surface area contributed by atoms with Gasteiger partial charge >= 0.3 is 0 Å². The topological polar surface area (TPSA) is 49.0 Å². The van der Waals surface area contributed by atoms with Gasteiger partial charge in [0.15, 0.2) is 0 Å². The van der Waals surface area contributed by atoms with Crippen LogP contribution < -0.4 is 0 Å². The average molecular weight is 265 g/mol. The molecule has 0 bridgehead atoms. The fraction of sp³-hybridized carbons (Fsp3) is 0.125. The van der Waals surface area contributed by atoms with Gasteiger partial charge in [0.1, 0.15) is 5.82 Å². The number of carbonyl (C=O) groups is 1. The van der Waals surface area contributed by atoms with Crippen LogP contribution in [0.25, 0.3) is 22.4 Å². The van der Waals surface area contributed by atoms with Crippen molar-refractivity contribution in [2.45, 2.75) is 0 Å². The zero-order valence-corrected chi connectivity index (χ0v) is 11.4. The predicted molar refractivity (Wildman–Crippen MR) is 79.5 cm³/mol. The summed E-state index contributed by atoms with van der Waals surface area (Å²) in [6, 6.07) is 15.4. The van der Waals surface area contributed by atoms with Gasteiger partial charge in [-0.1, -0.05) is 24.3 Å². The maximum Gasteiger partial charge on any atom is 0.253 e. The van der Waals surface area contributed by atoms with Crippen molar-refractivity contribution in [2.24, 2.45) is 0 Å². The summed E-state index contributed by atoms with van der Waals surface area (Å²) in [6.45, 7) is 0. The number of carbonyl (C=O) groups excluding carboxylic acids is 1. The molecule has 0 saturated heterocycles. The first kappa shape index (κ1) is 12.4. The Bertz CT molecular complexity index is 724. The van der Waals surface area contributed by atoms with E-state index >= 15 is 0 Å². The third-order valence-corrected chi connectivity index (χ3v) is 3.20. The molecule has 0 aliphatic rings. The van der Waals surface area contributed by atoms with E-state index in [4.69, 9.17) is 0 Å². The molecule has 100 valence electrons. The van der Waals surface area contributed by atoms with Crippen molar-refractivity contribution in [2.75, 3.05) is 14.1 Å². The second-order valence-electron chi connectivity index (χ2n) is 4.88. The standard InChI is InChI=1S/C16H15N3O/c1-19(2)16(20)12-9-7-11(8-10-12)15-17-13-5-3-4-6-14(13)18-15/h3-10H,1-2H3,(H,17,18). The molecule has 3 aromatic rings. The largest absolute Gasteiger partial charge is 0.345 e. The third kappa shape index (κ3) is 2.16. The molecular weight excluding hydrogens is 250 g/mol. The minimum Gasteiger partial charge on any atom is -0.345 e. The van der Waals surface area contributed by atoms with Crippen LogP contribution in [0, 0.1) is 0 Å². The van der Waals surface area contributed by atoms with E-state index in [1.807, 2.05) is 48.5 Å². The molecule has 4 nitrogen and oxygen atoms in total. The van der Waals surface area contributed by atoms with Crippen LogP contribution in [0.1, 0.15) is 10.4 Å².